The zero-order valence-electron chi connectivity index (χ0n) is 17.9. The fourth-order valence-corrected chi connectivity index (χ4v) is 6.91. The predicted octanol–water partition coefficient (Wildman–Crippen LogP) is 7.11. The van der Waals surface area contributed by atoms with E-state index in [4.69, 9.17) is 16.3 Å². The third-order valence-electron chi connectivity index (χ3n) is 7.64. The maximum absolute atomic E-state index is 6.23. The molecule has 3 heteroatoms. The van der Waals surface area contributed by atoms with Crippen molar-refractivity contribution in [2.45, 2.75) is 63.3 Å². The quantitative estimate of drug-likeness (QED) is 0.433. The molecule has 6 rings (SSSR count). The summed E-state index contributed by atoms with van der Waals surface area (Å²) in [5, 5.41) is 4.76. The van der Waals surface area contributed by atoms with Gasteiger partial charge in [-0.25, -0.2) is 0 Å². The smallest absolute Gasteiger partial charge is 0.127 e. The number of ether oxygens (including phenoxy) is 1. The lowest BCUT2D eigenvalue weighted by atomic mass is 9.53. The molecule has 0 heterocycles. The van der Waals surface area contributed by atoms with E-state index in [1.165, 1.54) is 57.9 Å². The number of benzene rings is 2. The molecule has 2 aromatic rings. The Labute approximate surface area is 186 Å². The Balaban J connectivity index is 1.06. The van der Waals surface area contributed by atoms with Gasteiger partial charge in [0.15, 0.2) is 0 Å². The van der Waals surface area contributed by atoms with Crippen molar-refractivity contribution < 1.29 is 4.74 Å². The summed E-state index contributed by atoms with van der Waals surface area (Å²) in [6, 6.07) is 16.3. The van der Waals surface area contributed by atoms with Crippen LogP contribution >= 0.6 is 11.6 Å². The van der Waals surface area contributed by atoms with Crippen molar-refractivity contribution in [2.24, 2.45) is 17.8 Å². The van der Waals surface area contributed by atoms with Crippen LogP contribution < -0.4 is 10.1 Å². The molecule has 2 aromatic carbocycles. The van der Waals surface area contributed by atoms with Crippen molar-refractivity contribution in [1.82, 2.24) is 5.32 Å². The second kappa shape index (κ2) is 8.93. The van der Waals surface area contributed by atoms with Gasteiger partial charge < -0.3 is 10.1 Å². The Bertz CT molecular complexity index is 814. The van der Waals surface area contributed by atoms with Gasteiger partial charge >= 0.3 is 0 Å². The van der Waals surface area contributed by atoms with Gasteiger partial charge in [0, 0.05) is 16.1 Å². The summed E-state index contributed by atoms with van der Waals surface area (Å²) in [6.07, 6.45) is 12.5. The topological polar surface area (TPSA) is 21.3 Å². The maximum Gasteiger partial charge on any atom is 0.127 e. The van der Waals surface area contributed by atoms with E-state index in [-0.39, 0.29) is 0 Å². The molecule has 4 bridgehead atoms. The van der Waals surface area contributed by atoms with E-state index in [1.807, 2.05) is 24.3 Å². The minimum atomic E-state index is 0.499. The van der Waals surface area contributed by atoms with Gasteiger partial charge in [-0.05, 0) is 106 Å². The molecule has 0 amide bonds. The minimum Gasteiger partial charge on any atom is -0.493 e. The fourth-order valence-electron chi connectivity index (χ4n) is 6.74. The molecule has 0 radical (unpaired) electrons. The van der Waals surface area contributed by atoms with Gasteiger partial charge in [0.25, 0.3) is 0 Å². The zero-order valence-corrected chi connectivity index (χ0v) is 18.7. The van der Waals surface area contributed by atoms with Crippen LogP contribution in [0.3, 0.4) is 0 Å². The maximum atomic E-state index is 6.23. The number of nitrogens with one attached hydrogen (secondary N) is 1. The van der Waals surface area contributed by atoms with E-state index in [1.54, 1.807) is 0 Å². The summed E-state index contributed by atoms with van der Waals surface area (Å²) in [7, 11) is 0. The Kier molecular flexibility index (Phi) is 6.07. The minimum absolute atomic E-state index is 0.499. The van der Waals surface area contributed by atoms with E-state index >= 15 is 0 Å². The molecule has 4 saturated carbocycles. The molecule has 0 spiro atoms. The third kappa shape index (κ3) is 4.55. The highest BCUT2D eigenvalue weighted by atomic mass is 35.5. The van der Waals surface area contributed by atoms with Gasteiger partial charge in [-0.2, -0.15) is 0 Å². The summed E-state index contributed by atoms with van der Waals surface area (Å²) in [5.41, 5.74) is 2.72. The lowest BCUT2D eigenvalue weighted by Gasteiger charge is -2.57. The van der Waals surface area contributed by atoms with Gasteiger partial charge in [-0.15, -0.1) is 0 Å². The molecule has 0 unspecified atom stereocenters. The van der Waals surface area contributed by atoms with Crippen LogP contribution in [0.25, 0.3) is 11.1 Å². The zero-order chi connectivity index (χ0) is 20.4. The van der Waals surface area contributed by atoms with Gasteiger partial charge in [-0.1, -0.05) is 41.9 Å². The molecule has 4 aliphatic rings. The van der Waals surface area contributed by atoms with Crippen molar-refractivity contribution >= 4 is 11.6 Å². The molecule has 4 aliphatic carbocycles. The van der Waals surface area contributed by atoms with Gasteiger partial charge in [0.05, 0.1) is 6.61 Å². The molecule has 4 fully saturated rings. The van der Waals surface area contributed by atoms with Crippen LogP contribution in [0, 0.1) is 17.8 Å². The molecular formula is C27H34ClNO. The van der Waals surface area contributed by atoms with Crippen LogP contribution in [0.15, 0.2) is 48.5 Å². The lowest BCUT2D eigenvalue weighted by Crippen LogP contribution is -2.58. The Morgan fingerprint density at radius 2 is 1.57 bits per heavy atom. The Morgan fingerprint density at radius 3 is 2.27 bits per heavy atom. The number of unbranched alkanes of at least 4 members (excludes halogenated alkanes) is 2. The Hall–Kier alpha value is -1.51. The highest BCUT2D eigenvalue weighted by molar-refractivity contribution is 6.31. The number of hydrogen-bond acceptors (Lipinski definition) is 2. The van der Waals surface area contributed by atoms with Crippen LogP contribution in [0.5, 0.6) is 5.75 Å². The third-order valence-corrected chi connectivity index (χ3v) is 7.88. The normalized spacial score (nSPS) is 29.3. The van der Waals surface area contributed by atoms with Gasteiger partial charge in [-0.3, -0.25) is 0 Å². The highest BCUT2D eigenvalue weighted by Gasteiger charge is 2.50. The summed E-state index contributed by atoms with van der Waals surface area (Å²) >= 11 is 6.23. The molecule has 0 saturated heterocycles. The second-order valence-corrected chi connectivity index (χ2v) is 10.5. The summed E-state index contributed by atoms with van der Waals surface area (Å²) < 4.78 is 6.15. The SMILES string of the molecule is Clc1ccc(OCCCCCNC23CC4CC(CC(C4)C2)C3)c(-c2ccccc2)c1. The first kappa shape index (κ1) is 20.4. The van der Waals surface area contributed by atoms with Crippen LogP contribution in [0.2, 0.25) is 5.02 Å². The fraction of sp³-hybridized carbons (Fsp3) is 0.556. The first-order valence-corrected chi connectivity index (χ1v) is 12.3. The van der Waals surface area contributed by atoms with E-state index in [2.05, 4.69) is 29.6 Å². The van der Waals surface area contributed by atoms with Crippen molar-refractivity contribution in [1.29, 1.82) is 0 Å². The molecular weight excluding hydrogens is 390 g/mol. The van der Waals surface area contributed by atoms with Crippen molar-refractivity contribution in [2.75, 3.05) is 13.2 Å². The molecule has 160 valence electrons. The van der Waals surface area contributed by atoms with Crippen molar-refractivity contribution in [3.05, 3.63) is 53.6 Å². The molecule has 30 heavy (non-hydrogen) atoms. The van der Waals surface area contributed by atoms with Crippen LogP contribution in [0.4, 0.5) is 0 Å². The second-order valence-electron chi connectivity index (χ2n) is 10.0. The molecule has 2 nitrogen and oxygen atoms in total. The summed E-state index contributed by atoms with van der Waals surface area (Å²) in [4.78, 5) is 0. The Morgan fingerprint density at radius 1 is 0.867 bits per heavy atom. The predicted molar refractivity (Wildman–Crippen MR) is 125 cm³/mol. The van der Waals surface area contributed by atoms with Crippen LogP contribution in [-0.2, 0) is 0 Å². The average molecular weight is 424 g/mol. The largest absolute Gasteiger partial charge is 0.493 e. The number of hydrogen-bond donors (Lipinski definition) is 1. The van der Waals surface area contributed by atoms with Gasteiger partial charge in [0.1, 0.15) is 5.75 Å². The van der Waals surface area contributed by atoms with Crippen LogP contribution in [0.1, 0.15) is 57.8 Å². The standard InChI is InChI=1S/C27H34ClNO/c28-24-9-10-26(25(16-24)23-7-3-1-4-8-23)30-12-6-2-5-11-29-27-17-20-13-21(18-27)15-22(14-20)19-27/h1,3-4,7-10,16,20-22,29H,2,5-6,11-15,17-19H2. The van der Waals surface area contributed by atoms with E-state index < -0.39 is 0 Å². The van der Waals surface area contributed by atoms with Crippen LogP contribution in [-0.4, -0.2) is 18.7 Å². The summed E-state index contributed by atoms with van der Waals surface area (Å²) in [6.45, 7) is 1.93. The van der Waals surface area contributed by atoms with E-state index in [0.29, 0.717) is 5.54 Å². The monoisotopic (exact) mass is 423 g/mol. The van der Waals surface area contributed by atoms with Crippen molar-refractivity contribution in [3.63, 3.8) is 0 Å². The highest BCUT2D eigenvalue weighted by Crippen LogP contribution is 2.55. The number of rotatable bonds is 9. The molecule has 1 N–H and O–H groups in total. The molecule has 0 atom stereocenters. The molecule has 0 aliphatic heterocycles. The van der Waals surface area contributed by atoms with E-state index in [0.717, 1.165) is 52.7 Å². The molecule has 0 aromatic heterocycles. The van der Waals surface area contributed by atoms with Crippen molar-refractivity contribution in [3.8, 4) is 16.9 Å². The average Bonchev–Trinajstić information content (AvgIpc) is 2.73. The first-order valence-electron chi connectivity index (χ1n) is 11.9. The lowest BCUT2D eigenvalue weighted by molar-refractivity contribution is -0.0196. The van der Waals surface area contributed by atoms with E-state index in [9.17, 15) is 0 Å². The number of halogens is 1. The first-order chi connectivity index (χ1) is 14.7. The summed E-state index contributed by atoms with van der Waals surface area (Å²) in [5.74, 6) is 4.00. The van der Waals surface area contributed by atoms with Gasteiger partial charge in [0.2, 0.25) is 0 Å².